The van der Waals surface area contributed by atoms with Gasteiger partial charge in [-0.05, 0) is 18.2 Å². The van der Waals surface area contributed by atoms with Crippen LogP contribution >= 0.6 is 0 Å². The van der Waals surface area contributed by atoms with E-state index in [0.29, 0.717) is 5.39 Å². The molecule has 0 saturated heterocycles. The van der Waals surface area contributed by atoms with Crippen LogP contribution in [0.3, 0.4) is 0 Å². The summed E-state index contributed by atoms with van der Waals surface area (Å²) in [5, 5.41) is 0.573. The Bertz CT molecular complexity index is 392. The third-order valence-electron chi connectivity index (χ3n) is 1.51. The third kappa shape index (κ3) is 0.808. The molecule has 0 aliphatic carbocycles. The molecule has 0 spiro atoms. The Hall–Kier alpha value is -1.38. The quantitative estimate of drug-likeness (QED) is 0.568. The number of halogens is 2. The number of benzene rings is 1. The van der Waals surface area contributed by atoms with Crippen molar-refractivity contribution in [1.82, 2.24) is 0 Å². The second-order valence-corrected chi connectivity index (χ2v) is 2.20. The van der Waals surface area contributed by atoms with Crippen LogP contribution in [0.15, 0.2) is 28.9 Å². The summed E-state index contributed by atoms with van der Waals surface area (Å²) in [5.41, 5.74) is -0.0231. The molecule has 1 aromatic carbocycles. The van der Waals surface area contributed by atoms with Crippen molar-refractivity contribution in [3.8, 4) is 0 Å². The SMILES string of the molecule is Fc1ccc2ccoc2c1F. The molecule has 1 nitrogen and oxygen atoms in total. The van der Waals surface area contributed by atoms with Crippen molar-refractivity contribution < 1.29 is 13.2 Å². The van der Waals surface area contributed by atoms with Crippen LogP contribution in [0.1, 0.15) is 0 Å². The van der Waals surface area contributed by atoms with Gasteiger partial charge in [-0.3, -0.25) is 0 Å². The van der Waals surface area contributed by atoms with Crippen molar-refractivity contribution in [2.75, 3.05) is 0 Å². The smallest absolute Gasteiger partial charge is 0.201 e. The molecule has 1 heterocycles. The Balaban J connectivity index is 2.93. The molecule has 0 fully saturated rings. The molecule has 0 saturated carbocycles. The van der Waals surface area contributed by atoms with E-state index < -0.39 is 11.6 Å². The van der Waals surface area contributed by atoms with Crippen LogP contribution in [0.25, 0.3) is 11.0 Å². The molecule has 0 unspecified atom stereocenters. The monoisotopic (exact) mass is 154 g/mol. The molecule has 1 aromatic heterocycles. The highest BCUT2D eigenvalue weighted by Gasteiger charge is 2.08. The normalized spacial score (nSPS) is 10.7. The highest BCUT2D eigenvalue weighted by Crippen LogP contribution is 2.20. The average Bonchev–Trinajstić information content (AvgIpc) is 2.45. The van der Waals surface area contributed by atoms with Gasteiger partial charge in [-0.2, -0.15) is 4.39 Å². The fourth-order valence-electron chi connectivity index (χ4n) is 0.973. The summed E-state index contributed by atoms with van der Waals surface area (Å²) in [5.74, 6) is -1.81. The molecule has 3 heteroatoms. The van der Waals surface area contributed by atoms with Gasteiger partial charge < -0.3 is 4.42 Å². The van der Waals surface area contributed by atoms with Crippen molar-refractivity contribution in [2.24, 2.45) is 0 Å². The summed E-state index contributed by atoms with van der Waals surface area (Å²) in [4.78, 5) is 0. The molecule has 2 rings (SSSR count). The van der Waals surface area contributed by atoms with Gasteiger partial charge in [0.15, 0.2) is 11.4 Å². The Kier molecular flexibility index (Phi) is 1.18. The standard InChI is InChI=1S/C8H4F2O/c9-6-2-1-5-3-4-11-8(5)7(6)10/h1-4H. The van der Waals surface area contributed by atoms with Gasteiger partial charge in [0.1, 0.15) is 0 Å². The first-order chi connectivity index (χ1) is 5.29. The van der Waals surface area contributed by atoms with Crippen LogP contribution in [-0.4, -0.2) is 0 Å². The van der Waals surface area contributed by atoms with Crippen LogP contribution in [0, 0.1) is 11.6 Å². The van der Waals surface area contributed by atoms with Crippen LogP contribution in [-0.2, 0) is 0 Å². The van der Waals surface area contributed by atoms with Gasteiger partial charge in [0, 0.05) is 5.39 Å². The van der Waals surface area contributed by atoms with Crippen molar-refractivity contribution in [3.63, 3.8) is 0 Å². The van der Waals surface area contributed by atoms with Crippen LogP contribution in [0.2, 0.25) is 0 Å². The van der Waals surface area contributed by atoms with E-state index in [0.717, 1.165) is 6.07 Å². The van der Waals surface area contributed by atoms with Crippen molar-refractivity contribution >= 4 is 11.0 Å². The summed E-state index contributed by atoms with van der Waals surface area (Å²) in [6, 6.07) is 4.13. The maximum Gasteiger partial charge on any atom is 0.201 e. The third-order valence-corrected chi connectivity index (χ3v) is 1.51. The molecule has 0 atom stereocenters. The maximum atomic E-state index is 12.8. The number of hydrogen-bond acceptors (Lipinski definition) is 1. The van der Waals surface area contributed by atoms with E-state index in [1.54, 1.807) is 6.07 Å². The lowest BCUT2D eigenvalue weighted by Crippen LogP contribution is -1.81. The van der Waals surface area contributed by atoms with E-state index in [1.807, 2.05) is 0 Å². The van der Waals surface area contributed by atoms with E-state index in [1.165, 1.54) is 12.3 Å². The zero-order chi connectivity index (χ0) is 7.84. The zero-order valence-corrected chi connectivity index (χ0v) is 5.47. The van der Waals surface area contributed by atoms with Crippen LogP contribution in [0.4, 0.5) is 8.78 Å². The highest BCUT2D eigenvalue weighted by atomic mass is 19.2. The molecule has 2 aromatic rings. The molecule has 0 N–H and O–H groups in total. The van der Waals surface area contributed by atoms with Gasteiger partial charge in [0.2, 0.25) is 5.82 Å². The minimum atomic E-state index is -0.924. The Morgan fingerprint density at radius 2 is 1.91 bits per heavy atom. The molecule has 56 valence electrons. The molecule has 0 radical (unpaired) electrons. The molecular weight excluding hydrogens is 150 g/mol. The molecule has 0 aliphatic rings. The lowest BCUT2D eigenvalue weighted by Gasteiger charge is -1.91. The van der Waals surface area contributed by atoms with Crippen LogP contribution < -0.4 is 0 Å². The Morgan fingerprint density at radius 3 is 2.73 bits per heavy atom. The summed E-state index contributed by atoms with van der Waals surface area (Å²) in [7, 11) is 0. The minimum absolute atomic E-state index is 0.0231. The first-order valence-electron chi connectivity index (χ1n) is 3.10. The number of furan rings is 1. The zero-order valence-electron chi connectivity index (χ0n) is 5.47. The summed E-state index contributed by atoms with van der Waals surface area (Å²) in [6.45, 7) is 0. The van der Waals surface area contributed by atoms with Gasteiger partial charge in [-0.25, -0.2) is 4.39 Å². The largest absolute Gasteiger partial charge is 0.461 e. The topological polar surface area (TPSA) is 13.1 Å². The van der Waals surface area contributed by atoms with Gasteiger partial charge >= 0.3 is 0 Å². The number of hydrogen-bond donors (Lipinski definition) is 0. The summed E-state index contributed by atoms with van der Waals surface area (Å²) in [6.07, 6.45) is 1.33. The summed E-state index contributed by atoms with van der Waals surface area (Å²) >= 11 is 0. The molecule has 0 bridgehead atoms. The van der Waals surface area contributed by atoms with Crippen molar-refractivity contribution in [3.05, 3.63) is 36.1 Å². The van der Waals surface area contributed by atoms with Crippen LogP contribution in [0.5, 0.6) is 0 Å². The molecule has 11 heavy (non-hydrogen) atoms. The van der Waals surface area contributed by atoms with Crippen molar-refractivity contribution in [2.45, 2.75) is 0 Å². The molecule has 0 amide bonds. The van der Waals surface area contributed by atoms with Gasteiger partial charge in [0.05, 0.1) is 6.26 Å². The minimum Gasteiger partial charge on any atom is -0.461 e. The second-order valence-electron chi connectivity index (χ2n) is 2.20. The first kappa shape index (κ1) is 6.34. The van der Waals surface area contributed by atoms with E-state index in [4.69, 9.17) is 4.42 Å². The van der Waals surface area contributed by atoms with Gasteiger partial charge in [0.25, 0.3) is 0 Å². The van der Waals surface area contributed by atoms with E-state index in [9.17, 15) is 8.78 Å². The number of rotatable bonds is 0. The fraction of sp³-hybridized carbons (Fsp3) is 0. The van der Waals surface area contributed by atoms with Crippen molar-refractivity contribution in [1.29, 1.82) is 0 Å². The van der Waals surface area contributed by atoms with Gasteiger partial charge in [-0.15, -0.1) is 0 Å². The first-order valence-corrected chi connectivity index (χ1v) is 3.10. The lowest BCUT2D eigenvalue weighted by atomic mass is 10.2. The second kappa shape index (κ2) is 2.05. The van der Waals surface area contributed by atoms with Gasteiger partial charge in [-0.1, -0.05) is 0 Å². The maximum absolute atomic E-state index is 12.8. The average molecular weight is 154 g/mol. The molecular formula is C8H4F2O. The van der Waals surface area contributed by atoms with E-state index in [-0.39, 0.29) is 5.58 Å². The van der Waals surface area contributed by atoms with E-state index in [2.05, 4.69) is 0 Å². The fourth-order valence-corrected chi connectivity index (χ4v) is 0.973. The summed E-state index contributed by atoms with van der Waals surface area (Å²) < 4.78 is 30.0. The molecule has 0 aliphatic heterocycles. The predicted octanol–water partition coefficient (Wildman–Crippen LogP) is 2.71. The van der Waals surface area contributed by atoms with E-state index >= 15 is 0 Å². The highest BCUT2D eigenvalue weighted by molar-refractivity contribution is 5.77. The Labute approximate surface area is 61.2 Å². The lowest BCUT2D eigenvalue weighted by molar-refractivity contribution is 0.492. The predicted molar refractivity (Wildman–Crippen MR) is 36.1 cm³/mol. The number of fused-ring (bicyclic) bond motifs is 1. The Morgan fingerprint density at radius 1 is 1.09 bits per heavy atom.